The van der Waals surface area contributed by atoms with E-state index in [1.165, 1.54) is 18.1 Å². The molecule has 4 aromatic rings. The number of fused-ring (bicyclic) bond motifs is 1. The highest BCUT2D eigenvalue weighted by Gasteiger charge is 2.38. The van der Waals surface area contributed by atoms with Crippen LogP contribution in [0, 0.1) is 0 Å². The minimum absolute atomic E-state index is 0.258. The Kier molecular flexibility index (Phi) is 14.9. The second kappa shape index (κ2) is 20.9. The number of carbonyl (C=O) groups excluding carboxylic acids is 3. The zero-order valence-corrected chi connectivity index (χ0v) is 38.8. The maximum Gasteiger partial charge on any atom is 0.249 e. The van der Waals surface area contributed by atoms with Gasteiger partial charge in [-0.3, -0.25) is 19.8 Å². The fourth-order valence-corrected chi connectivity index (χ4v) is 11.4. The van der Waals surface area contributed by atoms with Crippen LogP contribution in [0.5, 0.6) is 5.75 Å². The van der Waals surface area contributed by atoms with Crippen molar-refractivity contribution in [1.82, 2.24) is 30.0 Å². The molecule has 3 aromatic carbocycles. The Morgan fingerprint density at radius 2 is 1.75 bits per heavy atom. The molecule has 0 saturated carbocycles. The number of thioether (sulfide) groups is 1. The highest BCUT2D eigenvalue weighted by Crippen LogP contribution is 2.40. The van der Waals surface area contributed by atoms with E-state index in [0.717, 1.165) is 110 Å². The smallest absolute Gasteiger partial charge is 0.249 e. The third-order valence-electron chi connectivity index (χ3n) is 12.6. The Hall–Kier alpha value is -4.68. The van der Waals surface area contributed by atoms with Crippen molar-refractivity contribution in [3.05, 3.63) is 83.0 Å². The van der Waals surface area contributed by atoms with E-state index >= 15 is 0 Å². The van der Waals surface area contributed by atoms with Gasteiger partial charge in [0.25, 0.3) is 0 Å². The topological polar surface area (TPSA) is 135 Å². The van der Waals surface area contributed by atoms with Crippen LogP contribution < -0.4 is 30.9 Å². The lowest BCUT2D eigenvalue weighted by molar-refractivity contribution is -0.136. The summed E-state index contributed by atoms with van der Waals surface area (Å²) in [5.41, 5.74) is 5.28. The van der Waals surface area contributed by atoms with Gasteiger partial charge < -0.3 is 30.1 Å². The second-order valence-electron chi connectivity index (χ2n) is 16.8. The van der Waals surface area contributed by atoms with Crippen molar-refractivity contribution in [2.24, 2.45) is 0 Å². The number of rotatable bonds is 16. The van der Waals surface area contributed by atoms with Gasteiger partial charge in [-0.25, -0.2) is 9.78 Å². The Morgan fingerprint density at radius 3 is 2.51 bits per heavy atom. The number of nitrogens with one attached hydrogen (secondary N) is 3. The van der Waals surface area contributed by atoms with E-state index in [9.17, 15) is 14.4 Å². The second-order valence-corrected chi connectivity index (χ2v) is 20.6. The zero-order valence-electron chi connectivity index (χ0n) is 36.4. The van der Waals surface area contributed by atoms with Crippen LogP contribution in [0.25, 0.3) is 5.70 Å². The van der Waals surface area contributed by atoms with E-state index < -0.39 is 6.04 Å². The minimum atomic E-state index is -0.528. The molecule has 16 heteroatoms. The molecule has 0 aliphatic carbocycles. The number of imide groups is 1. The largest absolute Gasteiger partial charge is 0.494 e. The molecule has 4 aliphatic heterocycles. The number of carbonyl (C=O) groups is 2. The molecule has 4 aliphatic rings. The maximum absolute atomic E-state index is 12.6. The van der Waals surface area contributed by atoms with Crippen molar-refractivity contribution in [2.45, 2.75) is 68.5 Å². The monoisotopic (exact) mass is 909 g/mol. The fraction of sp³-hybridized carbons (Fsp3) is 0.447. The summed E-state index contributed by atoms with van der Waals surface area (Å²) in [4.78, 5) is 56.3. The number of benzene rings is 3. The SMILES string of the molecule is COc1cc(N2CCC(N3CCN(CCCCCSc4cccc5c4CN(C4CCC(=O)NC4=O)C5=C=O)CC3)CC2)ccc1Nc1ncc(Cl)c(Nc2ccccc2P(C)C)n1. The van der Waals surface area contributed by atoms with Crippen molar-refractivity contribution in [3.63, 3.8) is 0 Å². The van der Waals surface area contributed by atoms with Crippen molar-refractivity contribution in [3.8, 4) is 5.75 Å². The summed E-state index contributed by atoms with van der Waals surface area (Å²) in [6, 6.07) is 20.6. The molecule has 332 valence electrons. The van der Waals surface area contributed by atoms with Gasteiger partial charge in [-0.05, 0) is 92.9 Å². The predicted molar refractivity (Wildman–Crippen MR) is 257 cm³/mol. The van der Waals surface area contributed by atoms with Gasteiger partial charge in [0.05, 0.1) is 19.0 Å². The standard InChI is InChI=1S/C47H57ClN9O4PS/c1-61-41-28-33(14-15-37(41)51-47-49-29-36(48)45(53-47)50-38-11-5-6-12-42(38)62(2)3)55-21-18-32(19-22-55)56-25-23-54(24-26-56)20-7-4-8-27-63-43-13-9-10-34-35(43)30-57(40(34)31-58)39-16-17-44(59)52-46(39)60/h5-6,9-15,28-29,32,39H,4,7-8,16-27,30H2,1-3H3,(H,52,59,60)(H2,49,50,51,53). The summed E-state index contributed by atoms with van der Waals surface area (Å²) in [5, 5.41) is 10.9. The van der Waals surface area contributed by atoms with Gasteiger partial charge in [-0.15, -0.1) is 11.8 Å². The molecule has 0 radical (unpaired) electrons. The number of amides is 2. The number of methoxy groups -OCH3 is 1. The number of nitrogens with zero attached hydrogens (tertiary/aromatic N) is 6. The number of hydrogen-bond donors (Lipinski definition) is 3. The van der Waals surface area contributed by atoms with E-state index in [2.05, 4.69) is 85.2 Å². The lowest BCUT2D eigenvalue weighted by atomic mass is 10.0. The van der Waals surface area contributed by atoms with Crippen LogP contribution in [0.15, 0.2) is 71.8 Å². The molecule has 1 aromatic heterocycles. The van der Waals surface area contributed by atoms with Crippen LogP contribution in [0.2, 0.25) is 5.02 Å². The first-order chi connectivity index (χ1) is 30.7. The molecule has 5 heterocycles. The molecular weight excluding hydrogens is 853 g/mol. The number of hydrogen-bond acceptors (Lipinski definition) is 13. The number of anilines is 5. The summed E-state index contributed by atoms with van der Waals surface area (Å²) < 4.78 is 5.85. The van der Waals surface area contributed by atoms with Gasteiger partial charge in [-0.2, -0.15) is 4.98 Å². The number of piperidine rings is 2. The molecule has 0 spiro atoms. The molecule has 1 unspecified atom stereocenters. The number of halogens is 1. The van der Waals surface area contributed by atoms with Gasteiger partial charge in [0, 0.05) is 86.2 Å². The number of aromatic nitrogens is 2. The summed E-state index contributed by atoms with van der Waals surface area (Å²) in [5.74, 6) is 4.21. The zero-order chi connectivity index (χ0) is 43.9. The van der Waals surface area contributed by atoms with E-state index in [1.54, 1.807) is 13.3 Å². The van der Waals surface area contributed by atoms with Crippen molar-refractivity contribution in [2.75, 3.05) is 87.5 Å². The highest BCUT2D eigenvalue weighted by molar-refractivity contribution is 7.99. The van der Waals surface area contributed by atoms with Crippen LogP contribution >= 0.6 is 31.3 Å². The van der Waals surface area contributed by atoms with Gasteiger partial charge >= 0.3 is 0 Å². The number of unbranched alkanes of at least 4 members (excludes halogenated alkanes) is 2. The van der Waals surface area contributed by atoms with Crippen LogP contribution in [0.3, 0.4) is 0 Å². The molecule has 3 saturated heterocycles. The Labute approximate surface area is 381 Å². The summed E-state index contributed by atoms with van der Waals surface area (Å²) in [6.45, 7) is 12.6. The minimum Gasteiger partial charge on any atom is -0.494 e. The van der Waals surface area contributed by atoms with Crippen LogP contribution in [-0.2, 0) is 20.9 Å². The first-order valence-corrected chi connectivity index (χ1v) is 25.6. The van der Waals surface area contributed by atoms with Crippen LogP contribution in [0.4, 0.5) is 28.8 Å². The lowest BCUT2D eigenvalue weighted by Gasteiger charge is -2.43. The number of ether oxygens (including phenoxy) is 1. The summed E-state index contributed by atoms with van der Waals surface area (Å²) in [6.07, 6.45) is 8.06. The lowest BCUT2D eigenvalue weighted by Crippen LogP contribution is -2.53. The van der Waals surface area contributed by atoms with E-state index in [1.807, 2.05) is 47.0 Å². The van der Waals surface area contributed by atoms with Gasteiger partial charge in [0.2, 0.25) is 17.8 Å². The van der Waals surface area contributed by atoms with Crippen LogP contribution in [0.1, 0.15) is 56.1 Å². The Bertz CT molecular complexity index is 2330. The summed E-state index contributed by atoms with van der Waals surface area (Å²) in [7, 11) is 1.38. The molecule has 1 atom stereocenters. The van der Waals surface area contributed by atoms with Gasteiger partial charge in [0.15, 0.2) is 11.8 Å². The number of piperazine rings is 1. The molecule has 8 rings (SSSR count). The average Bonchev–Trinajstić information content (AvgIpc) is 3.68. The molecular formula is C47H57ClN9O4PS. The Morgan fingerprint density at radius 1 is 0.937 bits per heavy atom. The third-order valence-corrected chi connectivity index (χ3v) is 15.4. The maximum atomic E-state index is 12.6. The van der Waals surface area contributed by atoms with Gasteiger partial charge in [0.1, 0.15) is 22.5 Å². The van der Waals surface area contributed by atoms with Gasteiger partial charge in [-0.1, -0.05) is 56.3 Å². The fourth-order valence-electron chi connectivity index (χ4n) is 9.20. The van der Waals surface area contributed by atoms with E-state index in [-0.39, 0.29) is 26.2 Å². The molecule has 63 heavy (non-hydrogen) atoms. The number of para-hydroxylation sites is 1. The first-order valence-electron chi connectivity index (χ1n) is 22.0. The molecule has 0 bridgehead atoms. The average molecular weight is 911 g/mol. The predicted octanol–water partition coefficient (Wildman–Crippen LogP) is 7.33. The van der Waals surface area contributed by atoms with E-state index in [0.29, 0.717) is 41.5 Å². The van der Waals surface area contributed by atoms with Crippen molar-refractivity contribution < 1.29 is 19.1 Å². The Balaban J connectivity index is 0.747. The molecule has 13 nitrogen and oxygen atoms in total. The third kappa shape index (κ3) is 10.7. The molecule has 3 fully saturated rings. The van der Waals surface area contributed by atoms with E-state index in [4.69, 9.17) is 21.3 Å². The molecule has 3 N–H and O–H groups in total. The van der Waals surface area contributed by atoms with Crippen molar-refractivity contribution in [1.29, 1.82) is 0 Å². The first kappa shape index (κ1) is 44.9. The van der Waals surface area contributed by atoms with Crippen molar-refractivity contribution >= 4 is 88.9 Å². The summed E-state index contributed by atoms with van der Waals surface area (Å²) >= 11 is 8.36. The quantitative estimate of drug-likeness (QED) is 0.0341. The normalized spacial score (nSPS) is 18.7. The van der Waals surface area contributed by atoms with Crippen LogP contribution in [-0.4, -0.2) is 127 Å². The highest BCUT2D eigenvalue weighted by atomic mass is 35.5. The molecule has 2 amide bonds.